The van der Waals surface area contributed by atoms with Crippen molar-refractivity contribution in [2.24, 2.45) is 0 Å². The van der Waals surface area contributed by atoms with E-state index >= 15 is 0 Å². The van der Waals surface area contributed by atoms with E-state index < -0.39 is 5.97 Å². The van der Waals surface area contributed by atoms with Crippen molar-refractivity contribution < 1.29 is 9.90 Å². The third-order valence-corrected chi connectivity index (χ3v) is 3.35. The first-order chi connectivity index (χ1) is 11.1. The molecule has 0 aliphatic heterocycles. The van der Waals surface area contributed by atoms with Gasteiger partial charge < -0.3 is 15.3 Å². The van der Waals surface area contributed by atoms with Crippen LogP contribution in [-0.2, 0) is 0 Å². The number of aromatic carboxylic acids is 1. The second-order valence-electron chi connectivity index (χ2n) is 5.26. The zero-order chi connectivity index (χ0) is 16.7. The summed E-state index contributed by atoms with van der Waals surface area (Å²) in [5.41, 5.74) is 0.926. The number of nitrogens with zero attached hydrogens (tertiary/aromatic N) is 3. The molecule has 0 aliphatic rings. The fourth-order valence-electron chi connectivity index (χ4n) is 2.35. The molecule has 0 saturated carbocycles. The Kier molecular flexibility index (Phi) is 5.91. The highest BCUT2D eigenvalue weighted by molar-refractivity contribution is 5.89. The summed E-state index contributed by atoms with van der Waals surface area (Å²) < 4.78 is 0. The molecule has 2 N–H and O–H groups in total. The monoisotopic (exact) mass is 314 g/mol. The van der Waals surface area contributed by atoms with Gasteiger partial charge in [0.15, 0.2) is 0 Å². The molecule has 2 rings (SSSR count). The van der Waals surface area contributed by atoms with Gasteiger partial charge in [-0.2, -0.15) is 0 Å². The summed E-state index contributed by atoms with van der Waals surface area (Å²) in [6, 6.07) is 8.54. The largest absolute Gasteiger partial charge is 0.478 e. The molecule has 6 heteroatoms. The number of carboxylic acids is 1. The SMILES string of the molecule is CCCN(CCC)c1cc(Nc2cccc(C(=O)O)c2)ncn1. The van der Waals surface area contributed by atoms with Gasteiger partial charge in [0.2, 0.25) is 0 Å². The predicted octanol–water partition coefficient (Wildman–Crippen LogP) is 3.54. The van der Waals surface area contributed by atoms with Crippen molar-refractivity contribution in [1.29, 1.82) is 0 Å². The summed E-state index contributed by atoms with van der Waals surface area (Å²) in [5, 5.41) is 12.2. The Bertz CT molecular complexity index is 655. The van der Waals surface area contributed by atoms with Crippen LogP contribution in [0.5, 0.6) is 0 Å². The Hall–Kier alpha value is -2.63. The third-order valence-electron chi connectivity index (χ3n) is 3.35. The number of rotatable bonds is 8. The molecule has 0 amide bonds. The number of carbonyl (C=O) groups is 1. The van der Waals surface area contributed by atoms with Gasteiger partial charge >= 0.3 is 5.97 Å². The lowest BCUT2D eigenvalue weighted by molar-refractivity contribution is 0.0697. The molecule has 0 atom stereocenters. The van der Waals surface area contributed by atoms with Crippen molar-refractivity contribution in [3.8, 4) is 0 Å². The van der Waals surface area contributed by atoms with Crippen LogP contribution in [0.3, 0.4) is 0 Å². The Morgan fingerprint density at radius 3 is 2.57 bits per heavy atom. The molecule has 2 aromatic rings. The standard InChI is InChI=1S/C17H22N4O2/c1-3-8-21(9-4-2)16-11-15(18-12-19-16)20-14-7-5-6-13(10-14)17(22)23/h5-7,10-12H,3-4,8-9H2,1-2H3,(H,22,23)(H,18,19,20). The average Bonchev–Trinajstić information content (AvgIpc) is 2.55. The molecule has 1 aromatic carbocycles. The van der Waals surface area contributed by atoms with Crippen LogP contribution in [0.15, 0.2) is 36.7 Å². The quantitative estimate of drug-likeness (QED) is 0.776. The summed E-state index contributed by atoms with van der Waals surface area (Å²) in [5.74, 6) is 0.574. The molecular weight excluding hydrogens is 292 g/mol. The highest BCUT2D eigenvalue weighted by Gasteiger charge is 2.08. The zero-order valence-electron chi connectivity index (χ0n) is 13.5. The maximum absolute atomic E-state index is 11.0. The van der Waals surface area contributed by atoms with Gasteiger partial charge in [-0.05, 0) is 31.0 Å². The normalized spacial score (nSPS) is 10.3. The van der Waals surface area contributed by atoms with Crippen molar-refractivity contribution >= 4 is 23.3 Å². The summed E-state index contributed by atoms with van der Waals surface area (Å²) >= 11 is 0. The van der Waals surface area contributed by atoms with Crippen molar-refractivity contribution in [1.82, 2.24) is 9.97 Å². The van der Waals surface area contributed by atoms with Crippen LogP contribution in [0.25, 0.3) is 0 Å². The van der Waals surface area contributed by atoms with Gasteiger partial charge in [0.25, 0.3) is 0 Å². The maximum Gasteiger partial charge on any atom is 0.335 e. The summed E-state index contributed by atoms with van der Waals surface area (Å²) in [4.78, 5) is 21.8. The smallest absolute Gasteiger partial charge is 0.335 e. The Morgan fingerprint density at radius 2 is 1.91 bits per heavy atom. The molecule has 23 heavy (non-hydrogen) atoms. The lowest BCUT2D eigenvalue weighted by atomic mass is 10.2. The molecule has 0 bridgehead atoms. The predicted molar refractivity (Wildman–Crippen MR) is 91.5 cm³/mol. The van der Waals surface area contributed by atoms with Crippen LogP contribution in [0.2, 0.25) is 0 Å². The van der Waals surface area contributed by atoms with Gasteiger partial charge in [0.1, 0.15) is 18.0 Å². The minimum absolute atomic E-state index is 0.239. The lowest BCUT2D eigenvalue weighted by Gasteiger charge is -2.22. The fraction of sp³-hybridized carbons (Fsp3) is 0.353. The molecule has 1 heterocycles. The van der Waals surface area contributed by atoms with Crippen molar-refractivity contribution in [2.45, 2.75) is 26.7 Å². The van der Waals surface area contributed by atoms with E-state index in [1.807, 2.05) is 12.1 Å². The van der Waals surface area contributed by atoms with Crippen LogP contribution >= 0.6 is 0 Å². The van der Waals surface area contributed by atoms with E-state index in [2.05, 4.69) is 34.0 Å². The molecule has 122 valence electrons. The number of hydrogen-bond donors (Lipinski definition) is 2. The number of carboxylic acid groups (broad SMARTS) is 1. The average molecular weight is 314 g/mol. The molecule has 0 fully saturated rings. The first kappa shape index (κ1) is 16.7. The molecule has 0 aliphatic carbocycles. The van der Waals surface area contributed by atoms with Crippen LogP contribution in [0, 0.1) is 0 Å². The van der Waals surface area contributed by atoms with E-state index in [9.17, 15) is 4.79 Å². The third kappa shape index (κ3) is 4.67. The van der Waals surface area contributed by atoms with E-state index in [0.717, 1.165) is 31.7 Å². The Balaban J connectivity index is 2.19. The molecule has 0 unspecified atom stereocenters. The maximum atomic E-state index is 11.0. The van der Waals surface area contributed by atoms with Gasteiger partial charge in [-0.15, -0.1) is 0 Å². The zero-order valence-corrected chi connectivity index (χ0v) is 13.5. The highest BCUT2D eigenvalue weighted by atomic mass is 16.4. The molecule has 6 nitrogen and oxygen atoms in total. The minimum Gasteiger partial charge on any atom is -0.478 e. The number of anilines is 3. The van der Waals surface area contributed by atoms with Crippen molar-refractivity contribution in [3.05, 3.63) is 42.2 Å². The second-order valence-corrected chi connectivity index (χ2v) is 5.26. The van der Waals surface area contributed by atoms with E-state index in [4.69, 9.17) is 5.11 Å². The molecular formula is C17H22N4O2. The summed E-state index contributed by atoms with van der Waals surface area (Å²) in [6.07, 6.45) is 3.62. The number of benzene rings is 1. The number of nitrogens with one attached hydrogen (secondary N) is 1. The molecule has 1 aromatic heterocycles. The van der Waals surface area contributed by atoms with Crippen LogP contribution < -0.4 is 10.2 Å². The highest BCUT2D eigenvalue weighted by Crippen LogP contribution is 2.20. The first-order valence-corrected chi connectivity index (χ1v) is 7.81. The van der Waals surface area contributed by atoms with E-state index in [1.54, 1.807) is 18.2 Å². The molecule has 0 spiro atoms. The minimum atomic E-state index is -0.950. The summed E-state index contributed by atoms with van der Waals surface area (Å²) in [6.45, 7) is 6.17. The van der Waals surface area contributed by atoms with Gasteiger partial charge in [0.05, 0.1) is 5.56 Å². The fourth-order valence-corrected chi connectivity index (χ4v) is 2.35. The van der Waals surface area contributed by atoms with Crippen LogP contribution in [0.1, 0.15) is 37.0 Å². The van der Waals surface area contributed by atoms with Crippen LogP contribution in [0.4, 0.5) is 17.3 Å². The number of aromatic nitrogens is 2. The topological polar surface area (TPSA) is 78.4 Å². The summed E-state index contributed by atoms with van der Waals surface area (Å²) in [7, 11) is 0. The Labute approximate surface area is 136 Å². The molecule has 0 radical (unpaired) electrons. The molecule has 0 saturated heterocycles. The lowest BCUT2D eigenvalue weighted by Crippen LogP contribution is -2.25. The van der Waals surface area contributed by atoms with E-state index in [-0.39, 0.29) is 5.56 Å². The van der Waals surface area contributed by atoms with Crippen LogP contribution in [-0.4, -0.2) is 34.1 Å². The second kappa shape index (κ2) is 8.12. The number of hydrogen-bond acceptors (Lipinski definition) is 5. The van der Waals surface area contributed by atoms with Crippen molar-refractivity contribution in [3.63, 3.8) is 0 Å². The van der Waals surface area contributed by atoms with Gasteiger partial charge in [-0.1, -0.05) is 19.9 Å². The van der Waals surface area contributed by atoms with E-state index in [0.29, 0.717) is 11.5 Å². The van der Waals surface area contributed by atoms with Crippen molar-refractivity contribution in [2.75, 3.05) is 23.3 Å². The van der Waals surface area contributed by atoms with Gasteiger partial charge in [-0.3, -0.25) is 0 Å². The first-order valence-electron chi connectivity index (χ1n) is 7.81. The van der Waals surface area contributed by atoms with E-state index in [1.165, 1.54) is 6.33 Å². The van der Waals surface area contributed by atoms with Gasteiger partial charge in [-0.25, -0.2) is 14.8 Å². The Morgan fingerprint density at radius 1 is 1.17 bits per heavy atom. The van der Waals surface area contributed by atoms with Gasteiger partial charge in [0, 0.05) is 24.8 Å².